The van der Waals surface area contributed by atoms with Gasteiger partial charge < -0.3 is 14.8 Å². The number of ether oxygens (including phenoxy) is 2. The lowest BCUT2D eigenvalue weighted by molar-refractivity contribution is -0.158. The van der Waals surface area contributed by atoms with Crippen LogP contribution in [0, 0.1) is 0 Å². The Balaban J connectivity index is 1.80. The van der Waals surface area contributed by atoms with Gasteiger partial charge in [0.05, 0.1) is 5.56 Å². The van der Waals surface area contributed by atoms with E-state index in [0.717, 1.165) is 5.56 Å². The van der Waals surface area contributed by atoms with Gasteiger partial charge in [0.2, 0.25) is 5.91 Å². The average Bonchev–Trinajstić information content (AvgIpc) is 3.11. The molecule has 1 amide bonds. The maximum absolute atomic E-state index is 13.1. The summed E-state index contributed by atoms with van der Waals surface area (Å²) in [6.45, 7) is 3.37. The third-order valence-electron chi connectivity index (χ3n) is 5.01. The summed E-state index contributed by atoms with van der Waals surface area (Å²) in [5.74, 6) is -1.58. The molecule has 0 unspecified atom stereocenters. The maximum atomic E-state index is 13.1. The molecule has 3 rings (SSSR count). The summed E-state index contributed by atoms with van der Waals surface area (Å²) in [4.78, 5) is 37.9. The molecule has 6 nitrogen and oxygen atoms in total. The molecule has 2 aromatic carbocycles. The second kappa shape index (κ2) is 8.73. The molecule has 0 spiro atoms. The van der Waals surface area contributed by atoms with Gasteiger partial charge in [0.1, 0.15) is 12.7 Å². The molecule has 150 valence electrons. The minimum absolute atomic E-state index is 0.0574. The van der Waals surface area contributed by atoms with Gasteiger partial charge in [-0.15, -0.1) is 0 Å². The van der Waals surface area contributed by atoms with E-state index >= 15 is 0 Å². The molecule has 0 aliphatic carbocycles. The highest BCUT2D eigenvalue weighted by atomic mass is 16.6. The van der Waals surface area contributed by atoms with Crippen LogP contribution < -0.4 is 5.32 Å². The quantitative estimate of drug-likeness (QED) is 0.602. The van der Waals surface area contributed by atoms with Crippen molar-refractivity contribution >= 4 is 17.8 Å². The van der Waals surface area contributed by atoms with E-state index in [4.69, 9.17) is 9.47 Å². The molecule has 0 bridgehead atoms. The molecule has 1 fully saturated rings. The Hall–Kier alpha value is -3.41. The zero-order valence-corrected chi connectivity index (χ0v) is 16.4. The second-order valence-electron chi connectivity index (χ2n) is 6.89. The van der Waals surface area contributed by atoms with Gasteiger partial charge in [-0.05, 0) is 31.5 Å². The van der Waals surface area contributed by atoms with Crippen LogP contribution in [0.1, 0.15) is 36.2 Å². The fourth-order valence-corrected chi connectivity index (χ4v) is 3.23. The van der Waals surface area contributed by atoms with E-state index in [0.29, 0.717) is 11.1 Å². The third kappa shape index (κ3) is 4.37. The SMILES string of the molecule is C/C=C1\C[C@](C(=O)OCc2ccccc2)([C@@H](C)OC(=O)c2ccccc2)NC1=O. The summed E-state index contributed by atoms with van der Waals surface area (Å²) in [6.07, 6.45) is 0.798. The van der Waals surface area contributed by atoms with Gasteiger partial charge in [0, 0.05) is 12.0 Å². The van der Waals surface area contributed by atoms with Crippen molar-refractivity contribution < 1.29 is 23.9 Å². The van der Waals surface area contributed by atoms with Crippen LogP contribution in [0.3, 0.4) is 0 Å². The van der Waals surface area contributed by atoms with Gasteiger partial charge in [-0.3, -0.25) is 4.79 Å². The number of allylic oxidation sites excluding steroid dienone is 1. The van der Waals surface area contributed by atoms with E-state index in [-0.39, 0.29) is 18.9 Å². The van der Waals surface area contributed by atoms with Crippen LogP contribution in [-0.2, 0) is 25.7 Å². The number of hydrogen-bond donors (Lipinski definition) is 1. The molecule has 2 aromatic rings. The van der Waals surface area contributed by atoms with E-state index < -0.39 is 23.6 Å². The molecule has 1 aliphatic rings. The minimum Gasteiger partial charge on any atom is -0.459 e. The van der Waals surface area contributed by atoms with Gasteiger partial charge in [0.25, 0.3) is 0 Å². The molecule has 2 atom stereocenters. The molecule has 0 aromatic heterocycles. The first-order valence-electron chi connectivity index (χ1n) is 9.41. The number of carbonyl (C=O) groups excluding carboxylic acids is 3. The average molecular weight is 393 g/mol. The molecular weight excluding hydrogens is 370 g/mol. The van der Waals surface area contributed by atoms with Crippen LogP contribution in [0.2, 0.25) is 0 Å². The standard InChI is InChI=1S/C23H23NO5/c1-3-18-14-23(24-20(18)25,22(27)28-15-17-10-6-4-7-11-17)16(2)29-21(26)19-12-8-5-9-13-19/h3-13,16H,14-15H2,1-2H3,(H,24,25)/b18-3+/t16-,23-/m1/s1. The number of benzene rings is 2. The van der Waals surface area contributed by atoms with Crippen LogP contribution in [0.25, 0.3) is 0 Å². The molecular formula is C23H23NO5. The van der Waals surface area contributed by atoms with Crippen LogP contribution in [0.5, 0.6) is 0 Å². The number of nitrogens with one attached hydrogen (secondary N) is 1. The number of hydrogen-bond acceptors (Lipinski definition) is 5. The molecule has 1 N–H and O–H groups in total. The highest BCUT2D eigenvalue weighted by Crippen LogP contribution is 2.32. The van der Waals surface area contributed by atoms with Gasteiger partial charge in [-0.25, -0.2) is 9.59 Å². The number of rotatable bonds is 6. The van der Waals surface area contributed by atoms with Gasteiger partial charge >= 0.3 is 11.9 Å². The smallest absolute Gasteiger partial charge is 0.338 e. The predicted octanol–water partition coefficient (Wildman–Crippen LogP) is 3.18. The monoisotopic (exact) mass is 393 g/mol. The van der Waals surface area contributed by atoms with Gasteiger partial charge in [0.15, 0.2) is 5.54 Å². The molecule has 29 heavy (non-hydrogen) atoms. The van der Waals surface area contributed by atoms with Crippen molar-refractivity contribution in [2.24, 2.45) is 0 Å². The van der Waals surface area contributed by atoms with Crippen molar-refractivity contribution in [2.45, 2.75) is 38.5 Å². The number of esters is 2. The van der Waals surface area contributed by atoms with Crippen LogP contribution in [-0.4, -0.2) is 29.5 Å². The summed E-state index contributed by atoms with van der Waals surface area (Å²) in [5.41, 5.74) is 0.158. The van der Waals surface area contributed by atoms with Crippen molar-refractivity contribution in [2.75, 3.05) is 0 Å². The van der Waals surface area contributed by atoms with E-state index in [9.17, 15) is 14.4 Å². The van der Waals surface area contributed by atoms with Crippen molar-refractivity contribution in [3.63, 3.8) is 0 Å². The fraction of sp³-hybridized carbons (Fsp3) is 0.261. The lowest BCUT2D eigenvalue weighted by Crippen LogP contribution is -2.58. The van der Waals surface area contributed by atoms with Crippen molar-refractivity contribution in [1.29, 1.82) is 0 Å². The summed E-state index contributed by atoms with van der Waals surface area (Å²) >= 11 is 0. The highest BCUT2D eigenvalue weighted by Gasteiger charge is 2.54. The summed E-state index contributed by atoms with van der Waals surface area (Å²) in [7, 11) is 0. The summed E-state index contributed by atoms with van der Waals surface area (Å²) in [6, 6.07) is 17.7. The molecule has 1 heterocycles. The second-order valence-corrected chi connectivity index (χ2v) is 6.89. The van der Waals surface area contributed by atoms with E-state index in [1.165, 1.54) is 0 Å². The van der Waals surface area contributed by atoms with E-state index in [2.05, 4.69) is 5.32 Å². The lowest BCUT2D eigenvalue weighted by atomic mass is 9.89. The van der Waals surface area contributed by atoms with Crippen molar-refractivity contribution in [3.8, 4) is 0 Å². The Morgan fingerprint density at radius 1 is 1.10 bits per heavy atom. The van der Waals surface area contributed by atoms with E-state index in [1.54, 1.807) is 50.3 Å². The largest absolute Gasteiger partial charge is 0.459 e. The molecule has 1 saturated heterocycles. The highest BCUT2D eigenvalue weighted by molar-refractivity contribution is 6.03. The van der Waals surface area contributed by atoms with Gasteiger partial charge in [-0.2, -0.15) is 0 Å². The first-order chi connectivity index (χ1) is 14.0. The Labute approximate surface area is 169 Å². The normalized spacial score (nSPS) is 20.8. The summed E-state index contributed by atoms with van der Waals surface area (Å²) < 4.78 is 11.0. The zero-order valence-electron chi connectivity index (χ0n) is 16.4. The first kappa shape index (κ1) is 20.3. The first-order valence-corrected chi connectivity index (χ1v) is 9.41. The Bertz CT molecular complexity index is 923. The maximum Gasteiger partial charge on any atom is 0.338 e. The molecule has 0 saturated carbocycles. The predicted molar refractivity (Wildman–Crippen MR) is 107 cm³/mol. The van der Waals surface area contributed by atoms with Crippen molar-refractivity contribution in [1.82, 2.24) is 5.32 Å². The third-order valence-corrected chi connectivity index (χ3v) is 5.01. The Kier molecular flexibility index (Phi) is 6.12. The molecule has 0 radical (unpaired) electrons. The topological polar surface area (TPSA) is 81.7 Å². The number of amides is 1. The lowest BCUT2D eigenvalue weighted by Gasteiger charge is -2.32. The fourth-order valence-electron chi connectivity index (χ4n) is 3.23. The van der Waals surface area contributed by atoms with Crippen LogP contribution in [0.4, 0.5) is 0 Å². The van der Waals surface area contributed by atoms with Gasteiger partial charge in [-0.1, -0.05) is 54.6 Å². The minimum atomic E-state index is -1.47. The Morgan fingerprint density at radius 2 is 1.72 bits per heavy atom. The molecule has 6 heteroatoms. The summed E-state index contributed by atoms with van der Waals surface area (Å²) in [5, 5.41) is 2.70. The number of carbonyl (C=O) groups is 3. The zero-order chi connectivity index (χ0) is 20.9. The van der Waals surface area contributed by atoms with Crippen LogP contribution in [0.15, 0.2) is 72.3 Å². The Morgan fingerprint density at radius 3 is 2.31 bits per heavy atom. The van der Waals surface area contributed by atoms with Crippen LogP contribution >= 0.6 is 0 Å². The van der Waals surface area contributed by atoms with E-state index in [1.807, 2.05) is 30.3 Å². The van der Waals surface area contributed by atoms with Crippen molar-refractivity contribution in [3.05, 3.63) is 83.4 Å². The molecule has 1 aliphatic heterocycles.